The molecule has 0 aliphatic carbocycles. The maximum absolute atomic E-state index is 12.9. The summed E-state index contributed by atoms with van der Waals surface area (Å²) >= 11 is 0. The number of ether oxygens (including phenoxy) is 3. The van der Waals surface area contributed by atoms with Crippen molar-refractivity contribution >= 4 is 17.9 Å². The average Bonchev–Trinajstić information content (AvgIpc) is 3.35. The molecule has 0 radical (unpaired) electrons. The molecule has 0 rings (SSSR count). The van der Waals surface area contributed by atoms with Crippen molar-refractivity contribution in [3.05, 3.63) is 36.5 Å². The topological polar surface area (TPSA) is 78.9 Å². The maximum atomic E-state index is 12.9. The smallest absolute Gasteiger partial charge is 0.306 e. The van der Waals surface area contributed by atoms with Gasteiger partial charge in [-0.1, -0.05) is 250 Å². The van der Waals surface area contributed by atoms with Gasteiger partial charge in [0.05, 0.1) is 0 Å². The molecular formula is C63H116O6. The number of hydrogen-bond acceptors (Lipinski definition) is 6. The third-order valence-electron chi connectivity index (χ3n) is 13.6. The van der Waals surface area contributed by atoms with E-state index < -0.39 is 6.10 Å². The zero-order chi connectivity index (χ0) is 50.0. The Hall–Kier alpha value is -2.37. The van der Waals surface area contributed by atoms with Gasteiger partial charge >= 0.3 is 17.9 Å². The largest absolute Gasteiger partial charge is 0.462 e. The van der Waals surface area contributed by atoms with E-state index in [2.05, 4.69) is 57.2 Å². The fraction of sp³-hybridized carbons (Fsp3) is 0.857. The number of rotatable bonds is 56. The standard InChI is InChI=1S/C63H116O6/c1-4-7-10-13-16-19-22-25-28-30-31-33-35-38-41-44-47-50-53-56-62(65)68-59-60(58-67-61(64)55-52-49-46-43-40-37-34-27-24-21-18-15-12-9-6-3)69-63(66)57-54-51-48-45-42-39-36-32-29-26-23-20-17-14-11-8-5-2/h25-29,34,60H,4-24,30-33,35-59H2,1-3H3/b28-25-,29-26-,34-27-/t60-/m1/s1. The van der Waals surface area contributed by atoms with Crippen molar-refractivity contribution < 1.29 is 28.6 Å². The summed E-state index contributed by atoms with van der Waals surface area (Å²) in [5.41, 5.74) is 0. The zero-order valence-corrected chi connectivity index (χ0v) is 46.3. The molecule has 0 unspecified atom stereocenters. The van der Waals surface area contributed by atoms with Gasteiger partial charge in [0.25, 0.3) is 0 Å². The third-order valence-corrected chi connectivity index (χ3v) is 13.6. The van der Waals surface area contributed by atoms with Crippen molar-refractivity contribution in [3.8, 4) is 0 Å². The summed E-state index contributed by atoms with van der Waals surface area (Å²) in [6.45, 7) is 6.66. The second kappa shape index (κ2) is 58.2. The Bertz CT molecular complexity index is 1160. The Labute approximate surface area is 429 Å². The molecule has 0 amide bonds. The lowest BCUT2D eigenvalue weighted by atomic mass is 10.1. The lowest BCUT2D eigenvalue weighted by Crippen LogP contribution is -2.30. The Morgan fingerprint density at radius 1 is 0.275 bits per heavy atom. The molecule has 6 nitrogen and oxygen atoms in total. The van der Waals surface area contributed by atoms with Crippen molar-refractivity contribution in [2.45, 2.75) is 335 Å². The van der Waals surface area contributed by atoms with Crippen molar-refractivity contribution in [1.82, 2.24) is 0 Å². The average molecular weight is 970 g/mol. The van der Waals surface area contributed by atoms with Crippen molar-refractivity contribution in [3.63, 3.8) is 0 Å². The van der Waals surface area contributed by atoms with Crippen LogP contribution in [0.1, 0.15) is 329 Å². The van der Waals surface area contributed by atoms with E-state index in [9.17, 15) is 14.4 Å². The normalized spacial score (nSPS) is 12.2. The highest BCUT2D eigenvalue weighted by Gasteiger charge is 2.19. The van der Waals surface area contributed by atoms with Gasteiger partial charge in [-0.2, -0.15) is 0 Å². The van der Waals surface area contributed by atoms with Crippen LogP contribution in [0.4, 0.5) is 0 Å². The molecule has 404 valence electrons. The number of carbonyl (C=O) groups is 3. The van der Waals surface area contributed by atoms with Crippen molar-refractivity contribution in [2.24, 2.45) is 0 Å². The minimum atomic E-state index is -0.777. The van der Waals surface area contributed by atoms with Crippen LogP contribution in [0.5, 0.6) is 0 Å². The van der Waals surface area contributed by atoms with E-state index in [1.165, 1.54) is 225 Å². The molecule has 0 spiro atoms. The predicted octanol–water partition coefficient (Wildman–Crippen LogP) is 20.4. The van der Waals surface area contributed by atoms with Gasteiger partial charge < -0.3 is 14.2 Å². The van der Waals surface area contributed by atoms with Crippen LogP contribution in [-0.2, 0) is 28.6 Å². The summed E-state index contributed by atoms with van der Waals surface area (Å²) in [6, 6.07) is 0. The number of carbonyl (C=O) groups excluding carboxylic acids is 3. The van der Waals surface area contributed by atoms with Crippen LogP contribution in [0.15, 0.2) is 36.5 Å². The lowest BCUT2D eigenvalue weighted by Gasteiger charge is -2.18. The van der Waals surface area contributed by atoms with Crippen LogP contribution in [0.3, 0.4) is 0 Å². The Kier molecular flexibility index (Phi) is 56.2. The lowest BCUT2D eigenvalue weighted by molar-refractivity contribution is -0.167. The minimum absolute atomic E-state index is 0.0750. The highest BCUT2D eigenvalue weighted by atomic mass is 16.6. The summed E-state index contributed by atoms with van der Waals surface area (Å²) in [5, 5.41) is 0. The second-order valence-electron chi connectivity index (χ2n) is 20.6. The number of unbranched alkanes of at least 4 members (excludes halogenated alkanes) is 39. The molecule has 0 aromatic carbocycles. The van der Waals surface area contributed by atoms with Crippen LogP contribution in [0, 0.1) is 0 Å². The molecule has 0 aliphatic heterocycles. The molecule has 0 saturated carbocycles. The van der Waals surface area contributed by atoms with Gasteiger partial charge in [-0.05, 0) is 96.3 Å². The van der Waals surface area contributed by atoms with Gasteiger partial charge in [-0.3, -0.25) is 14.4 Å². The van der Waals surface area contributed by atoms with E-state index in [1.807, 2.05) is 0 Å². The van der Waals surface area contributed by atoms with Gasteiger partial charge in [0.1, 0.15) is 13.2 Å². The van der Waals surface area contributed by atoms with Gasteiger partial charge in [0.2, 0.25) is 0 Å². The number of hydrogen-bond donors (Lipinski definition) is 0. The molecule has 0 aliphatic rings. The molecular weight excluding hydrogens is 853 g/mol. The fourth-order valence-electron chi connectivity index (χ4n) is 8.96. The maximum Gasteiger partial charge on any atom is 0.306 e. The van der Waals surface area contributed by atoms with Crippen LogP contribution in [-0.4, -0.2) is 37.2 Å². The van der Waals surface area contributed by atoms with E-state index in [1.54, 1.807) is 0 Å². The monoisotopic (exact) mass is 969 g/mol. The summed E-state index contributed by atoms with van der Waals surface area (Å²) in [7, 11) is 0. The molecule has 6 heteroatoms. The quantitative estimate of drug-likeness (QED) is 0.0261. The van der Waals surface area contributed by atoms with E-state index in [0.717, 1.165) is 64.2 Å². The highest BCUT2D eigenvalue weighted by molar-refractivity contribution is 5.71. The van der Waals surface area contributed by atoms with Crippen molar-refractivity contribution in [2.75, 3.05) is 13.2 Å². The van der Waals surface area contributed by atoms with Gasteiger partial charge in [-0.25, -0.2) is 0 Å². The molecule has 69 heavy (non-hydrogen) atoms. The first-order chi connectivity index (χ1) is 34.0. The summed E-state index contributed by atoms with van der Waals surface area (Å²) in [6.07, 6.45) is 69.9. The molecule has 0 heterocycles. The SMILES string of the molecule is CCCCCCCC/C=C\CCCCCCCCCCCC(=O)OC[C@@H](COC(=O)CCCCCCC/C=C\CCCCCCCC)OC(=O)CCCCCCCCC/C=C\CCCCCCCC. The second-order valence-corrected chi connectivity index (χ2v) is 20.6. The summed E-state index contributed by atoms with van der Waals surface area (Å²) in [5.74, 6) is -0.871. The molecule has 0 fully saturated rings. The molecule has 0 bridgehead atoms. The number of allylic oxidation sites excluding steroid dienone is 6. The first-order valence-corrected chi connectivity index (χ1v) is 30.5. The Morgan fingerprint density at radius 2 is 0.478 bits per heavy atom. The minimum Gasteiger partial charge on any atom is -0.462 e. The van der Waals surface area contributed by atoms with E-state index in [0.29, 0.717) is 19.3 Å². The van der Waals surface area contributed by atoms with E-state index in [-0.39, 0.29) is 31.1 Å². The van der Waals surface area contributed by atoms with Gasteiger partial charge in [0, 0.05) is 19.3 Å². The Morgan fingerprint density at radius 3 is 0.725 bits per heavy atom. The first kappa shape index (κ1) is 66.6. The van der Waals surface area contributed by atoms with Crippen LogP contribution in [0.25, 0.3) is 0 Å². The van der Waals surface area contributed by atoms with Crippen LogP contribution < -0.4 is 0 Å². The van der Waals surface area contributed by atoms with Crippen LogP contribution in [0.2, 0.25) is 0 Å². The fourth-order valence-corrected chi connectivity index (χ4v) is 8.96. The zero-order valence-electron chi connectivity index (χ0n) is 46.3. The molecule has 0 aromatic heterocycles. The predicted molar refractivity (Wildman–Crippen MR) is 298 cm³/mol. The number of esters is 3. The van der Waals surface area contributed by atoms with Crippen molar-refractivity contribution in [1.29, 1.82) is 0 Å². The van der Waals surface area contributed by atoms with Crippen LogP contribution >= 0.6 is 0 Å². The highest BCUT2D eigenvalue weighted by Crippen LogP contribution is 2.16. The molecule has 0 aromatic rings. The third kappa shape index (κ3) is 56.4. The van der Waals surface area contributed by atoms with E-state index >= 15 is 0 Å². The first-order valence-electron chi connectivity index (χ1n) is 30.5. The summed E-state index contributed by atoms with van der Waals surface area (Å²) in [4.78, 5) is 38.2. The molecule has 1 atom stereocenters. The molecule has 0 N–H and O–H groups in total. The van der Waals surface area contributed by atoms with E-state index in [4.69, 9.17) is 14.2 Å². The Balaban J connectivity index is 4.35. The molecule has 0 saturated heterocycles. The van der Waals surface area contributed by atoms with Gasteiger partial charge in [-0.15, -0.1) is 0 Å². The van der Waals surface area contributed by atoms with Gasteiger partial charge in [0.15, 0.2) is 6.10 Å². The summed E-state index contributed by atoms with van der Waals surface area (Å²) < 4.78 is 16.9.